The van der Waals surface area contributed by atoms with Crippen LogP contribution in [0.3, 0.4) is 0 Å². The van der Waals surface area contributed by atoms with E-state index in [2.05, 4.69) is 19.0 Å². The maximum Gasteiger partial charge on any atom is 0.139 e. The summed E-state index contributed by atoms with van der Waals surface area (Å²) in [4.78, 5) is 0. The summed E-state index contributed by atoms with van der Waals surface area (Å²) in [5, 5.41) is 11.6. The fourth-order valence-corrected chi connectivity index (χ4v) is 2.02. The molecule has 0 saturated heterocycles. The third-order valence-corrected chi connectivity index (χ3v) is 3.23. The third kappa shape index (κ3) is 4.39. The quantitative estimate of drug-likeness (QED) is 0.290. The highest BCUT2D eigenvalue weighted by Crippen LogP contribution is 2.48. The van der Waals surface area contributed by atoms with Gasteiger partial charge in [0.1, 0.15) is 5.84 Å². The average Bonchev–Trinajstić information content (AvgIpc) is 2.98. The molecule has 1 unspecified atom stereocenters. The highest BCUT2D eigenvalue weighted by Gasteiger charge is 2.43. The molecule has 1 aliphatic rings. The van der Waals surface area contributed by atoms with Crippen LogP contribution in [0.25, 0.3) is 0 Å². The number of hydrogen-bond donors (Lipinski definition) is 2. The number of rotatable bonds is 8. The molecule has 1 atom stereocenters. The van der Waals surface area contributed by atoms with Gasteiger partial charge in [0.25, 0.3) is 0 Å². The Morgan fingerprint density at radius 2 is 2.25 bits per heavy atom. The maximum absolute atomic E-state index is 8.53. The number of oxime groups is 1. The molecule has 0 aliphatic heterocycles. The lowest BCUT2D eigenvalue weighted by atomic mass is 10.0. The maximum atomic E-state index is 8.53. The van der Waals surface area contributed by atoms with E-state index in [0.29, 0.717) is 18.2 Å². The van der Waals surface area contributed by atoms with Gasteiger partial charge in [-0.1, -0.05) is 25.4 Å². The molecule has 1 rings (SSSR count). The molecule has 0 aromatic heterocycles. The van der Waals surface area contributed by atoms with Gasteiger partial charge in [-0.25, -0.2) is 0 Å². The zero-order valence-electron chi connectivity index (χ0n) is 10.4. The van der Waals surface area contributed by atoms with Gasteiger partial charge in [-0.15, -0.1) is 0 Å². The topological polar surface area (TPSA) is 67.8 Å². The summed E-state index contributed by atoms with van der Waals surface area (Å²) in [6.07, 6.45) is 5.34. The molecule has 1 aliphatic carbocycles. The van der Waals surface area contributed by atoms with Gasteiger partial charge >= 0.3 is 0 Å². The second kappa shape index (κ2) is 6.09. The van der Waals surface area contributed by atoms with E-state index in [0.717, 1.165) is 26.1 Å². The van der Waals surface area contributed by atoms with Gasteiger partial charge in [0.2, 0.25) is 0 Å². The van der Waals surface area contributed by atoms with Crippen LogP contribution in [-0.4, -0.2) is 24.3 Å². The first-order chi connectivity index (χ1) is 7.62. The van der Waals surface area contributed by atoms with E-state index in [-0.39, 0.29) is 5.41 Å². The minimum atomic E-state index is 0.169. The van der Waals surface area contributed by atoms with Gasteiger partial charge in [0.05, 0.1) is 6.61 Å². The van der Waals surface area contributed by atoms with Gasteiger partial charge in [-0.05, 0) is 25.2 Å². The molecular formula is C12H24N2O2. The average molecular weight is 228 g/mol. The summed E-state index contributed by atoms with van der Waals surface area (Å²) in [5.74, 6) is 0.951. The van der Waals surface area contributed by atoms with Crippen LogP contribution in [0.4, 0.5) is 0 Å². The summed E-state index contributed by atoms with van der Waals surface area (Å²) < 4.78 is 5.73. The van der Waals surface area contributed by atoms with Gasteiger partial charge in [0, 0.05) is 18.4 Å². The van der Waals surface area contributed by atoms with Crippen molar-refractivity contribution >= 4 is 5.84 Å². The SMILES string of the molecule is CCCC(C)COCC1(CC(N)=NO)CC1. The molecule has 0 amide bonds. The smallest absolute Gasteiger partial charge is 0.139 e. The van der Waals surface area contributed by atoms with Crippen LogP contribution in [0, 0.1) is 11.3 Å². The number of hydrogen-bond acceptors (Lipinski definition) is 3. The molecule has 0 spiro atoms. The molecule has 0 aromatic rings. The molecule has 0 heterocycles. The molecule has 0 aromatic carbocycles. The van der Waals surface area contributed by atoms with E-state index in [1.54, 1.807) is 0 Å². The van der Waals surface area contributed by atoms with Crippen LogP contribution >= 0.6 is 0 Å². The number of ether oxygens (including phenoxy) is 1. The van der Waals surface area contributed by atoms with Crippen molar-refractivity contribution in [3.05, 3.63) is 0 Å². The normalized spacial score (nSPS) is 20.8. The van der Waals surface area contributed by atoms with Crippen molar-refractivity contribution in [2.24, 2.45) is 22.2 Å². The fraction of sp³-hybridized carbons (Fsp3) is 0.917. The molecular weight excluding hydrogens is 204 g/mol. The Labute approximate surface area is 97.8 Å². The summed E-state index contributed by atoms with van der Waals surface area (Å²) in [7, 11) is 0. The zero-order chi connectivity index (χ0) is 12.0. The lowest BCUT2D eigenvalue weighted by Crippen LogP contribution is -2.22. The van der Waals surface area contributed by atoms with E-state index in [1.807, 2.05) is 0 Å². The van der Waals surface area contributed by atoms with Crippen LogP contribution in [0.1, 0.15) is 46.0 Å². The highest BCUT2D eigenvalue weighted by atomic mass is 16.5. The monoisotopic (exact) mass is 228 g/mol. The van der Waals surface area contributed by atoms with E-state index < -0.39 is 0 Å². The van der Waals surface area contributed by atoms with Crippen LogP contribution in [0.15, 0.2) is 5.16 Å². The molecule has 1 saturated carbocycles. The predicted molar refractivity (Wildman–Crippen MR) is 64.6 cm³/mol. The summed E-state index contributed by atoms with van der Waals surface area (Å²) >= 11 is 0. The second-order valence-corrected chi connectivity index (χ2v) is 5.18. The summed E-state index contributed by atoms with van der Waals surface area (Å²) in [6.45, 7) is 5.98. The molecule has 16 heavy (non-hydrogen) atoms. The number of nitrogens with zero attached hydrogens (tertiary/aromatic N) is 1. The van der Waals surface area contributed by atoms with Crippen molar-refractivity contribution in [3.63, 3.8) is 0 Å². The fourth-order valence-electron chi connectivity index (χ4n) is 2.02. The summed E-state index contributed by atoms with van der Waals surface area (Å²) in [5.41, 5.74) is 5.69. The van der Waals surface area contributed by atoms with Gasteiger partial charge in [0.15, 0.2) is 0 Å². The first-order valence-corrected chi connectivity index (χ1v) is 6.16. The van der Waals surface area contributed by atoms with Crippen LogP contribution in [0.2, 0.25) is 0 Å². The van der Waals surface area contributed by atoms with Crippen LogP contribution in [-0.2, 0) is 4.74 Å². The molecule has 0 bridgehead atoms. The van der Waals surface area contributed by atoms with Crippen molar-refractivity contribution in [2.75, 3.05) is 13.2 Å². The van der Waals surface area contributed by atoms with Crippen molar-refractivity contribution in [1.29, 1.82) is 0 Å². The highest BCUT2D eigenvalue weighted by molar-refractivity contribution is 5.80. The van der Waals surface area contributed by atoms with Gasteiger partial charge in [-0.3, -0.25) is 0 Å². The standard InChI is InChI=1S/C12H24N2O2/c1-3-4-10(2)8-16-9-12(5-6-12)7-11(13)14-15/h10,15H,3-9H2,1-2H3,(H2,13,14). The van der Waals surface area contributed by atoms with Crippen molar-refractivity contribution in [3.8, 4) is 0 Å². The summed E-state index contributed by atoms with van der Waals surface area (Å²) in [6, 6.07) is 0. The minimum Gasteiger partial charge on any atom is -0.409 e. The van der Waals surface area contributed by atoms with Crippen LogP contribution < -0.4 is 5.73 Å². The van der Waals surface area contributed by atoms with Crippen LogP contribution in [0.5, 0.6) is 0 Å². The Morgan fingerprint density at radius 3 is 2.75 bits per heavy atom. The third-order valence-electron chi connectivity index (χ3n) is 3.23. The largest absolute Gasteiger partial charge is 0.409 e. The Bertz CT molecular complexity index is 237. The van der Waals surface area contributed by atoms with E-state index in [4.69, 9.17) is 15.7 Å². The molecule has 1 fully saturated rings. The van der Waals surface area contributed by atoms with Crippen molar-refractivity contribution in [1.82, 2.24) is 0 Å². The minimum absolute atomic E-state index is 0.169. The number of amidine groups is 1. The van der Waals surface area contributed by atoms with E-state index in [1.165, 1.54) is 12.8 Å². The Morgan fingerprint density at radius 1 is 1.56 bits per heavy atom. The van der Waals surface area contributed by atoms with Gasteiger partial charge in [-0.2, -0.15) is 0 Å². The molecule has 4 heteroatoms. The molecule has 94 valence electrons. The van der Waals surface area contributed by atoms with E-state index >= 15 is 0 Å². The Hall–Kier alpha value is -0.770. The van der Waals surface area contributed by atoms with Crippen molar-refractivity contribution < 1.29 is 9.94 Å². The predicted octanol–water partition coefficient (Wildman–Crippen LogP) is 2.36. The number of nitrogens with two attached hydrogens (primary N) is 1. The van der Waals surface area contributed by atoms with Gasteiger partial charge < -0.3 is 15.7 Å². The first kappa shape index (κ1) is 13.3. The molecule has 0 radical (unpaired) electrons. The van der Waals surface area contributed by atoms with E-state index in [9.17, 15) is 0 Å². The molecule has 4 nitrogen and oxygen atoms in total. The molecule has 3 N–H and O–H groups in total. The first-order valence-electron chi connectivity index (χ1n) is 6.16. The lowest BCUT2D eigenvalue weighted by molar-refractivity contribution is 0.0669. The second-order valence-electron chi connectivity index (χ2n) is 5.18. The zero-order valence-corrected chi connectivity index (χ0v) is 10.4. The Balaban J connectivity index is 2.17. The lowest BCUT2D eigenvalue weighted by Gasteiger charge is -2.16. The Kier molecular flexibility index (Phi) is 5.06. The van der Waals surface area contributed by atoms with Crippen molar-refractivity contribution in [2.45, 2.75) is 46.0 Å².